The number of nitrogens with one attached hydrogen (secondary N) is 1. The van der Waals surface area contributed by atoms with Gasteiger partial charge < -0.3 is 9.73 Å². The van der Waals surface area contributed by atoms with E-state index in [9.17, 15) is 4.79 Å². The summed E-state index contributed by atoms with van der Waals surface area (Å²) in [4.78, 5) is 17.1. The highest BCUT2D eigenvalue weighted by Gasteiger charge is 2.14. The molecule has 4 aromatic rings. The van der Waals surface area contributed by atoms with E-state index in [1.54, 1.807) is 13.1 Å². The van der Waals surface area contributed by atoms with Crippen molar-refractivity contribution >= 4 is 39.0 Å². The van der Waals surface area contributed by atoms with E-state index in [1.807, 2.05) is 67.6 Å². The maximum atomic E-state index is 12.7. The van der Waals surface area contributed by atoms with Crippen LogP contribution in [0.3, 0.4) is 0 Å². The zero-order valence-electron chi connectivity index (χ0n) is 14.6. The standard InChI is InChI=1S/C22H18N2O2/c1-14(20-13-17-7-3-4-11-19(17)26-20)15(2)22(25)24-18-10-5-8-16-9-6-12-23-21(16)18/h3-13H,1-2H3,(H,24,25)/b15-14-. The number of rotatable bonds is 3. The van der Waals surface area contributed by atoms with Gasteiger partial charge in [-0.15, -0.1) is 0 Å². The van der Waals surface area contributed by atoms with Crippen LogP contribution in [0.5, 0.6) is 0 Å². The van der Waals surface area contributed by atoms with Crippen molar-refractivity contribution in [2.75, 3.05) is 5.32 Å². The summed E-state index contributed by atoms with van der Waals surface area (Å²) in [5.41, 5.74) is 3.71. The number of carbonyl (C=O) groups is 1. The van der Waals surface area contributed by atoms with Gasteiger partial charge in [-0.25, -0.2) is 0 Å². The molecule has 26 heavy (non-hydrogen) atoms. The summed E-state index contributed by atoms with van der Waals surface area (Å²) in [5, 5.41) is 4.98. The van der Waals surface area contributed by atoms with Gasteiger partial charge in [0.1, 0.15) is 11.3 Å². The van der Waals surface area contributed by atoms with E-state index in [-0.39, 0.29) is 5.91 Å². The Morgan fingerprint density at radius 2 is 1.73 bits per heavy atom. The molecule has 2 aromatic carbocycles. The maximum absolute atomic E-state index is 12.7. The Balaban J connectivity index is 1.67. The monoisotopic (exact) mass is 342 g/mol. The summed E-state index contributed by atoms with van der Waals surface area (Å²) in [6.07, 6.45) is 1.72. The molecule has 0 saturated carbocycles. The van der Waals surface area contributed by atoms with Gasteiger partial charge in [-0.2, -0.15) is 0 Å². The lowest BCUT2D eigenvalue weighted by Crippen LogP contribution is -2.14. The molecule has 0 radical (unpaired) electrons. The molecule has 0 unspecified atom stereocenters. The van der Waals surface area contributed by atoms with Gasteiger partial charge in [-0.3, -0.25) is 9.78 Å². The van der Waals surface area contributed by atoms with Gasteiger partial charge in [0, 0.05) is 28.1 Å². The van der Waals surface area contributed by atoms with Gasteiger partial charge in [0.2, 0.25) is 0 Å². The molecule has 0 aliphatic heterocycles. The zero-order valence-corrected chi connectivity index (χ0v) is 14.6. The largest absolute Gasteiger partial charge is 0.456 e. The number of allylic oxidation sites excluding steroid dienone is 1. The van der Waals surface area contributed by atoms with Crippen LogP contribution < -0.4 is 5.32 Å². The molecular weight excluding hydrogens is 324 g/mol. The Kier molecular flexibility index (Phi) is 4.01. The Labute approximate surface area is 151 Å². The highest BCUT2D eigenvalue weighted by molar-refractivity contribution is 6.11. The molecule has 4 nitrogen and oxygen atoms in total. The van der Waals surface area contributed by atoms with Crippen molar-refractivity contribution in [1.29, 1.82) is 0 Å². The Morgan fingerprint density at radius 3 is 2.58 bits per heavy atom. The minimum Gasteiger partial charge on any atom is -0.456 e. The van der Waals surface area contributed by atoms with Gasteiger partial charge in [0.15, 0.2) is 0 Å². The van der Waals surface area contributed by atoms with E-state index >= 15 is 0 Å². The first kappa shape index (κ1) is 16.1. The predicted octanol–water partition coefficient (Wildman–Crippen LogP) is 5.41. The summed E-state index contributed by atoms with van der Waals surface area (Å²) >= 11 is 0. The summed E-state index contributed by atoms with van der Waals surface area (Å²) in [6, 6.07) is 19.4. The average molecular weight is 342 g/mol. The second kappa shape index (κ2) is 6.48. The molecule has 2 aromatic heterocycles. The second-order valence-corrected chi connectivity index (χ2v) is 6.23. The summed E-state index contributed by atoms with van der Waals surface area (Å²) in [5.74, 6) is 0.538. The van der Waals surface area contributed by atoms with Gasteiger partial charge in [0.25, 0.3) is 5.91 Å². The van der Waals surface area contributed by atoms with Crippen molar-refractivity contribution in [3.05, 3.63) is 78.2 Å². The third-order valence-corrected chi connectivity index (χ3v) is 4.58. The number of hydrogen-bond donors (Lipinski definition) is 1. The van der Waals surface area contributed by atoms with Gasteiger partial charge in [-0.1, -0.05) is 36.4 Å². The zero-order chi connectivity index (χ0) is 18.1. The van der Waals surface area contributed by atoms with E-state index in [4.69, 9.17) is 4.42 Å². The van der Waals surface area contributed by atoms with Gasteiger partial charge in [-0.05, 0) is 38.1 Å². The first-order chi connectivity index (χ1) is 12.6. The summed E-state index contributed by atoms with van der Waals surface area (Å²) in [7, 11) is 0. The van der Waals surface area contributed by atoms with Crippen molar-refractivity contribution in [3.8, 4) is 0 Å². The number of fused-ring (bicyclic) bond motifs is 2. The van der Waals surface area contributed by atoms with E-state index in [0.29, 0.717) is 17.0 Å². The number of hydrogen-bond acceptors (Lipinski definition) is 3. The van der Waals surface area contributed by atoms with Crippen LogP contribution >= 0.6 is 0 Å². The third-order valence-electron chi connectivity index (χ3n) is 4.58. The van der Waals surface area contributed by atoms with E-state index < -0.39 is 0 Å². The first-order valence-corrected chi connectivity index (χ1v) is 8.45. The fourth-order valence-corrected chi connectivity index (χ4v) is 2.94. The van der Waals surface area contributed by atoms with Crippen LogP contribution in [0.15, 0.2) is 76.9 Å². The molecule has 2 heterocycles. The Hall–Kier alpha value is -3.40. The number of para-hydroxylation sites is 2. The molecule has 0 fully saturated rings. The minimum atomic E-state index is -0.166. The molecule has 128 valence electrons. The Bertz CT molecular complexity index is 1120. The molecule has 0 aliphatic carbocycles. The van der Waals surface area contributed by atoms with Crippen molar-refractivity contribution < 1.29 is 9.21 Å². The molecule has 0 aliphatic rings. The van der Waals surface area contributed by atoms with Crippen molar-refractivity contribution in [2.24, 2.45) is 0 Å². The normalized spacial score (nSPS) is 12.2. The third kappa shape index (κ3) is 2.86. The van der Waals surface area contributed by atoms with Crippen LogP contribution in [0.2, 0.25) is 0 Å². The smallest absolute Gasteiger partial charge is 0.251 e. The van der Waals surface area contributed by atoms with Crippen LogP contribution in [-0.2, 0) is 4.79 Å². The number of nitrogens with zero attached hydrogens (tertiary/aromatic N) is 1. The van der Waals surface area contributed by atoms with Crippen LogP contribution in [-0.4, -0.2) is 10.9 Å². The first-order valence-electron chi connectivity index (χ1n) is 8.45. The Morgan fingerprint density at radius 1 is 0.962 bits per heavy atom. The van der Waals surface area contributed by atoms with E-state index in [2.05, 4.69) is 10.3 Å². The van der Waals surface area contributed by atoms with Gasteiger partial charge >= 0.3 is 0 Å². The van der Waals surface area contributed by atoms with Gasteiger partial charge in [0.05, 0.1) is 11.2 Å². The highest BCUT2D eigenvalue weighted by atomic mass is 16.3. The number of aromatic nitrogens is 1. The molecule has 4 rings (SSSR count). The van der Waals surface area contributed by atoms with Crippen molar-refractivity contribution in [1.82, 2.24) is 4.98 Å². The SMILES string of the molecule is C/C(C(=O)Nc1cccc2cccnc12)=C(\C)c1cc2ccccc2o1. The number of anilines is 1. The van der Waals surface area contributed by atoms with Crippen LogP contribution in [0.25, 0.3) is 27.4 Å². The predicted molar refractivity (Wildman–Crippen MR) is 105 cm³/mol. The van der Waals surface area contributed by atoms with E-state index in [1.165, 1.54) is 0 Å². The topological polar surface area (TPSA) is 55.1 Å². The quantitative estimate of drug-likeness (QED) is 0.506. The average Bonchev–Trinajstić information content (AvgIpc) is 3.11. The molecule has 1 amide bonds. The number of carbonyl (C=O) groups excluding carboxylic acids is 1. The van der Waals surface area contributed by atoms with Crippen LogP contribution in [0.1, 0.15) is 19.6 Å². The molecule has 0 atom stereocenters. The molecular formula is C22H18N2O2. The number of pyridine rings is 1. The second-order valence-electron chi connectivity index (χ2n) is 6.23. The molecule has 0 saturated heterocycles. The summed E-state index contributed by atoms with van der Waals surface area (Å²) in [6.45, 7) is 3.70. The minimum absolute atomic E-state index is 0.166. The molecule has 0 spiro atoms. The lowest BCUT2D eigenvalue weighted by Gasteiger charge is -2.10. The maximum Gasteiger partial charge on any atom is 0.251 e. The van der Waals surface area contributed by atoms with E-state index in [0.717, 1.165) is 27.4 Å². The molecule has 4 heteroatoms. The molecule has 0 bridgehead atoms. The van der Waals surface area contributed by atoms with Crippen LogP contribution in [0.4, 0.5) is 5.69 Å². The van der Waals surface area contributed by atoms with Crippen molar-refractivity contribution in [3.63, 3.8) is 0 Å². The number of benzene rings is 2. The lowest BCUT2D eigenvalue weighted by atomic mass is 10.1. The highest BCUT2D eigenvalue weighted by Crippen LogP contribution is 2.27. The number of amides is 1. The number of furan rings is 1. The van der Waals surface area contributed by atoms with Crippen LogP contribution in [0, 0.1) is 0 Å². The summed E-state index contributed by atoms with van der Waals surface area (Å²) < 4.78 is 5.87. The fraction of sp³-hybridized carbons (Fsp3) is 0.0909. The fourth-order valence-electron chi connectivity index (χ4n) is 2.94. The lowest BCUT2D eigenvalue weighted by molar-refractivity contribution is -0.112. The molecule has 1 N–H and O–H groups in total. The van der Waals surface area contributed by atoms with Crippen molar-refractivity contribution in [2.45, 2.75) is 13.8 Å².